The van der Waals surface area contributed by atoms with Crippen LogP contribution in [-0.4, -0.2) is 5.91 Å². The van der Waals surface area contributed by atoms with Crippen LogP contribution >= 0.6 is 0 Å². The number of carbonyl (C=O) groups excluding carboxylic acids is 1. The van der Waals surface area contributed by atoms with Gasteiger partial charge in [0, 0.05) is 0 Å². The van der Waals surface area contributed by atoms with Crippen LogP contribution in [0, 0.1) is 5.82 Å². The molecule has 0 aromatic heterocycles. The number of halogens is 1. The fourth-order valence-corrected chi connectivity index (χ4v) is 2.25. The Labute approximate surface area is 99.6 Å². The summed E-state index contributed by atoms with van der Waals surface area (Å²) < 4.78 is 13.6. The smallest absolute Gasteiger partial charge is 0.228 e. The summed E-state index contributed by atoms with van der Waals surface area (Å²) in [7, 11) is 0. The zero-order valence-electron chi connectivity index (χ0n) is 9.66. The largest absolute Gasteiger partial charge is 0.369 e. The predicted molar refractivity (Wildman–Crippen MR) is 65.9 cm³/mol. The number of fused-ring (bicyclic) bond motifs is 1. The molecule has 88 valence electrons. The van der Waals surface area contributed by atoms with E-state index in [1.807, 2.05) is 13.0 Å². The summed E-state index contributed by atoms with van der Waals surface area (Å²) in [6.07, 6.45) is 4.00. The van der Waals surface area contributed by atoms with Crippen molar-refractivity contribution in [3.05, 3.63) is 52.9 Å². The lowest BCUT2D eigenvalue weighted by molar-refractivity contribution is -0.118. The Morgan fingerprint density at radius 2 is 2.29 bits per heavy atom. The summed E-state index contributed by atoms with van der Waals surface area (Å²) in [5.41, 5.74) is 8.57. The molecule has 1 aliphatic rings. The quantitative estimate of drug-likeness (QED) is 0.798. The number of allylic oxidation sites excluding steroid dienone is 1. The van der Waals surface area contributed by atoms with Crippen molar-refractivity contribution in [1.82, 2.24) is 0 Å². The molecule has 17 heavy (non-hydrogen) atoms. The second kappa shape index (κ2) is 4.17. The first kappa shape index (κ1) is 11.6. The van der Waals surface area contributed by atoms with Gasteiger partial charge in [0.25, 0.3) is 0 Å². The van der Waals surface area contributed by atoms with Gasteiger partial charge in [-0.25, -0.2) is 4.39 Å². The van der Waals surface area contributed by atoms with Gasteiger partial charge in [-0.2, -0.15) is 0 Å². The minimum atomic E-state index is -0.563. The van der Waals surface area contributed by atoms with Gasteiger partial charge in [-0.15, -0.1) is 6.58 Å². The maximum Gasteiger partial charge on any atom is 0.228 e. The van der Waals surface area contributed by atoms with E-state index in [1.54, 1.807) is 6.07 Å². The highest BCUT2D eigenvalue weighted by Gasteiger charge is 2.23. The average molecular weight is 231 g/mol. The van der Waals surface area contributed by atoms with E-state index in [0.717, 1.165) is 16.7 Å². The van der Waals surface area contributed by atoms with Gasteiger partial charge in [-0.1, -0.05) is 23.8 Å². The van der Waals surface area contributed by atoms with Crippen LogP contribution in [0.2, 0.25) is 0 Å². The summed E-state index contributed by atoms with van der Waals surface area (Å²) >= 11 is 0. The normalized spacial score (nSPS) is 15.1. The second-order valence-corrected chi connectivity index (χ2v) is 4.31. The molecule has 1 aromatic carbocycles. The van der Waals surface area contributed by atoms with Gasteiger partial charge in [0.1, 0.15) is 5.82 Å². The van der Waals surface area contributed by atoms with E-state index in [-0.39, 0.29) is 5.82 Å². The van der Waals surface area contributed by atoms with E-state index in [9.17, 15) is 9.18 Å². The molecule has 3 heteroatoms. The van der Waals surface area contributed by atoms with Gasteiger partial charge in [0.05, 0.1) is 5.92 Å². The highest BCUT2D eigenvalue weighted by Crippen LogP contribution is 2.33. The van der Waals surface area contributed by atoms with E-state index in [1.165, 1.54) is 12.1 Å². The molecule has 2 nitrogen and oxygen atoms in total. The fourth-order valence-electron chi connectivity index (χ4n) is 2.25. The molecule has 1 aromatic rings. The van der Waals surface area contributed by atoms with Gasteiger partial charge in [0.15, 0.2) is 0 Å². The van der Waals surface area contributed by atoms with Crippen LogP contribution in [0.4, 0.5) is 4.39 Å². The zero-order valence-corrected chi connectivity index (χ0v) is 9.66. The summed E-state index contributed by atoms with van der Waals surface area (Å²) in [6.45, 7) is 5.55. The number of hydrogen-bond acceptors (Lipinski definition) is 1. The third kappa shape index (κ3) is 1.88. The van der Waals surface area contributed by atoms with E-state index in [0.29, 0.717) is 12.0 Å². The van der Waals surface area contributed by atoms with Crippen molar-refractivity contribution >= 4 is 12.0 Å². The maximum atomic E-state index is 13.6. The molecule has 0 saturated heterocycles. The molecule has 0 saturated carbocycles. The van der Waals surface area contributed by atoms with Crippen molar-refractivity contribution in [3.63, 3.8) is 0 Å². The first-order chi connectivity index (χ1) is 8.04. The number of carbonyl (C=O) groups is 1. The molecule has 2 rings (SSSR count). The molecule has 1 atom stereocenters. The first-order valence-corrected chi connectivity index (χ1v) is 5.45. The number of rotatable bonds is 3. The molecule has 1 amide bonds. The first-order valence-electron chi connectivity index (χ1n) is 5.45. The maximum absolute atomic E-state index is 13.6. The molecule has 1 unspecified atom stereocenters. The lowest BCUT2D eigenvalue weighted by atomic mass is 9.91. The molecule has 0 fully saturated rings. The average Bonchev–Trinajstić information content (AvgIpc) is 2.65. The van der Waals surface area contributed by atoms with Crippen LogP contribution in [-0.2, 0) is 11.2 Å². The Morgan fingerprint density at radius 3 is 2.88 bits per heavy atom. The SMILES string of the molecule is C=CC(C(N)=O)c1ccc(F)c2c1C=C(C)C2. The number of hydrogen-bond donors (Lipinski definition) is 1. The van der Waals surface area contributed by atoms with Crippen molar-refractivity contribution < 1.29 is 9.18 Å². The number of amides is 1. The van der Waals surface area contributed by atoms with Crippen LogP contribution in [0.25, 0.3) is 6.08 Å². The molecular formula is C14H14FNO. The zero-order chi connectivity index (χ0) is 12.6. The topological polar surface area (TPSA) is 43.1 Å². The van der Waals surface area contributed by atoms with Gasteiger partial charge < -0.3 is 5.73 Å². The van der Waals surface area contributed by atoms with Gasteiger partial charge in [-0.05, 0) is 36.1 Å². The summed E-state index contributed by atoms with van der Waals surface area (Å²) in [5, 5.41) is 0. The van der Waals surface area contributed by atoms with Crippen molar-refractivity contribution in [2.24, 2.45) is 5.73 Å². The molecule has 1 aliphatic carbocycles. The third-order valence-corrected chi connectivity index (χ3v) is 3.06. The molecule has 0 aliphatic heterocycles. The number of primary amides is 1. The summed E-state index contributed by atoms with van der Waals surface area (Å²) in [5.74, 6) is -1.26. The minimum absolute atomic E-state index is 0.232. The molecule has 0 spiro atoms. The van der Waals surface area contributed by atoms with Crippen molar-refractivity contribution in [2.75, 3.05) is 0 Å². The van der Waals surface area contributed by atoms with E-state index >= 15 is 0 Å². The Bertz CT molecular complexity index is 531. The lowest BCUT2D eigenvalue weighted by Crippen LogP contribution is -2.20. The van der Waals surface area contributed by atoms with Crippen molar-refractivity contribution in [3.8, 4) is 0 Å². The van der Waals surface area contributed by atoms with E-state index in [4.69, 9.17) is 5.73 Å². The second-order valence-electron chi connectivity index (χ2n) is 4.31. The highest BCUT2D eigenvalue weighted by atomic mass is 19.1. The summed E-state index contributed by atoms with van der Waals surface area (Å²) in [4.78, 5) is 11.3. The van der Waals surface area contributed by atoms with E-state index < -0.39 is 11.8 Å². The molecule has 2 N–H and O–H groups in total. The number of nitrogens with two attached hydrogens (primary N) is 1. The molecule has 0 heterocycles. The Hall–Kier alpha value is -1.90. The molecule has 0 radical (unpaired) electrons. The number of benzene rings is 1. The van der Waals surface area contributed by atoms with Crippen LogP contribution in [0.15, 0.2) is 30.4 Å². The third-order valence-electron chi connectivity index (χ3n) is 3.06. The Morgan fingerprint density at radius 1 is 1.59 bits per heavy atom. The van der Waals surface area contributed by atoms with Crippen molar-refractivity contribution in [1.29, 1.82) is 0 Å². The lowest BCUT2D eigenvalue weighted by Gasteiger charge is -2.13. The van der Waals surface area contributed by atoms with Gasteiger partial charge in [0.2, 0.25) is 5.91 Å². The van der Waals surface area contributed by atoms with Gasteiger partial charge in [-0.3, -0.25) is 4.79 Å². The minimum Gasteiger partial charge on any atom is -0.369 e. The van der Waals surface area contributed by atoms with Crippen LogP contribution < -0.4 is 5.73 Å². The monoisotopic (exact) mass is 231 g/mol. The molecular weight excluding hydrogens is 217 g/mol. The Kier molecular flexibility index (Phi) is 2.84. The van der Waals surface area contributed by atoms with Crippen molar-refractivity contribution in [2.45, 2.75) is 19.3 Å². The summed E-state index contributed by atoms with van der Waals surface area (Å²) in [6, 6.07) is 3.00. The predicted octanol–water partition coefficient (Wildman–Crippen LogP) is 2.54. The van der Waals surface area contributed by atoms with Crippen LogP contribution in [0.5, 0.6) is 0 Å². The van der Waals surface area contributed by atoms with Crippen LogP contribution in [0.3, 0.4) is 0 Å². The van der Waals surface area contributed by atoms with E-state index in [2.05, 4.69) is 6.58 Å². The standard InChI is InChI=1S/C14H14FNO/c1-3-9(14(16)17)10-4-5-13(15)12-7-8(2)6-11(10)12/h3-6,9H,1,7H2,2H3,(H2,16,17). The van der Waals surface area contributed by atoms with Crippen LogP contribution in [0.1, 0.15) is 29.5 Å². The molecule has 0 bridgehead atoms. The Balaban J connectivity index is 2.60. The fraction of sp³-hybridized carbons (Fsp3) is 0.214. The van der Waals surface area contributed by atoms with Gasteiger partial charge >= 0.3 is 0 Å². The highest BCUT2D eigenvalue weighted by molar-refractivity contribution is 5.86.